The van der Waals surface area contributed by atoms with Crippen molar-refractivity contribution in [2.24, 2.45) is 0 Å². The molecule has 0 aliphatic heterocycles. The van der Waals surface area contributed by atoms with Crippen LogP contribution in [0.25, 0.3) is 0 Å². The smallest absolute Gasteiger partial charge is 0.411 e. The zero-order chi connectivity index (χ0) is 14.5. The van der Waals surface area contributed by atoms with Gasteiger partial charge in [0, 0.05) is 19.3 Å². The van der Waals surface area contributed by atoms with Crippen LogP contribution < -0.4 is 5.73 Å². The van der Waals surface area contributed by atoms with Crippen LogP contribution in [0.5, 0.6) is 0 Å². The Morgan fingerprint density at radius 1 is 1.47 bits per heavy atom. The number of anilines is 1. The fourth-order valence-corrected chi connectivity index (χ4v) is 1.52. The summed E-state index contributed by atoms with van der Waals surface area (Å²) in [4.78, 5) is 11.4. The Bertz CT molecular complexity index is 429. The summed E-state index contributed by atoms with van der Waals surface area (Å²) in [6.07, 6.45) is -2.47. The van der Waals surface area contributed by atoms with Gasteiger partial charge < -0.3 is 19.8 Å². The largest absolute Gasteiger partial charge is 0.464 e. The predicted octanol–water partition coefficient (Wildman–Crippen LogP) is 1.83. The lowest BCUT2D eigenvalue weighted by Crippen LogP contribution is -2.18. The molecule has 108 valence electrons. The minimum absolute atomic E-state index is 0.0573. The molecule has 1 heterocycles. The molecule has 0 radical (unpaired) electrons. The number of aromatic nitrogens is 1. The number of nitrogens with zero attached hydrogens (tertiary/aromatic N) is 1. The number of alkyl halides is 3. The maximum absolute atomic E-state index is 11.8. The van der Waals surface area contributed by atoms with Crippen LogP contribution in [0.15, 0.2) is 12.3 Å². The number of rotatable bonds is 6. The van der Waals surface area contributed by atoms with E-state index >= 15 is 0 Å². The third-order valence-electron chi connectivity index (χ3n) is 2.27. The number of carbonyl (C=O) groups excluding carboxylic acids is 1. The summed E-state index contributed by atoms with van der Waals surface area (Å²) in [5.74, 6) is -0.548. The third kappa shape index (κ3) is 5.21. The number of nitrogen functional groups attached to an aromatic ring is 1. The van der Waals surface area contributed by atoms with Crippen LogP contribution in [0.2, 0.25) is 0 Å². The van der Waals surface area contributed by atoms with E-state index in [0.29, 0.717) is 18.7 Å². The molecule has 0 aromatic carbocycles. The Balaban J connectivity index is 2.43. The van der Waals surface area contributed by atoms with E-state index in [1.165, 1.54) is 23.9 Å². The lowest BCUT2D eigenvalue weighted by Gasteiger charge is -2.09. The molecule has 0 aliphatic carbocycles. The monoisotopic (exact) mass is 280 g/mol. The summed E-state index contributed by atoms with van der Waals surface area (Å²) in [7, 11) is 1.24. The van der Waals surface area contributed by atoms with E-state index in [0.717, 1.165) is 0 Å². The van der Waals surface area contributed by atoms with E-state index in [1.807, 2.05) is 0 Å². The molecule has 5 nitrogen and oxygen atoms in total. The van der Waals surface area contributed by atoms with Crippen molar-refractivity contribution < 1.29 is 27.4 Å². The highest BCUT2D eigenvalue weighted by molar-refractivity contribution is 5.88. The highest BCUT2D eigenvalue weighted by atomic mass is 19.4. The van der Waals surface area contributed by atoms with Gasteiger partial charge in [0.05, 0.1) is 12.8 Å². The minimum Gasteiger partial charge on any atom is -0.464 e. The minimum atomic E-state index is -4.32. The first-order valence-corrected chi connectivity index (χ1v) is 5.52. The number of methoxy groups -OCH3 is 1. The van der Waals surface area contributed by atoms with Crippen molar-refractivity contribution in [1.82, 2.24) is 4.57 Å². The van der Waals surface area contributed by atoms with Crippen LogP contribution in [0.4, 0.5) is 18.9 Å². The first-order chi connectivity index (χ1) is 8.83. The van der Waals surface area contributed by atoms with Crippen LogP contribution >= 0.6 is 0 Å². The molecule has 0 bridgehead atoms. The van der Waals surface area contributed by atoms with E-state index in [4.69, 9.17) is 5.73 Å². The van der Waals surface area contributed by atoms with Gasteiger partial charge in [0.15, 0.2) is 0 Å². The van der Waals surface area contributed by atoms with Gasteiger partial charge in [-0.1, -0.05) is 0 Å². The summed E-state index contributed by atoms with van der Waals surface area (Å²) in [6, 6.07) is 1.45. The number of esters is 1. The van der Waals surface area contributed by atoms with Crippen molar-refractivity contribution in [1.29, 1.82) is 0 Å². The average Bonchev–Trinajstić information content (AvgIpc) is 2.67. The number of ether oxygens (including phenoxy) is 2. The van der Waals surface area contributed by atoms with Crippen molar-refractivity contribution in [3.8, 4) is 0 Å². The van der Waals surface area contributed by atoms with Crippen molar-refractivity contribution in [2.75, 3.05) is 26.1 Å². The second kappa shape index (κ2) is 6.46. The molecular weight excluding hydrogens is 265 g/mol. The highest BCUT2D eigenvalue weighted by Gasteiger charge is 2.27. The van der Waals surface area contributed by atoms with E-state index < -0.39 is 18.8 Å². The first kappa shape index (κ1) is 15.4. The number of aryl methyl sites for hydroxylation is 1. The van der Waals surface area contributed by atoms with Crippen LogP contribution in [0.3, 0.4) is 0 Å². The molecule has 1 aromatic heterocycles. The van der Waals surface area contributed by atoms with E-state index in [9.17, 15) is 18.0 Å². The topological polar surface area (TPSA) is 66.5 Å². The molecule has 19 heavy (non-hydrogen) atoms. The van der Waals surface area contributed by atoms with Crippen LogP contribution in [0, 0.1) is 0 Å². The molecule has 8 heteroatoms. The summed E-state index contributed by atoms with van der Waals surface area (Å²) >= 11 is 0. The van der Waals surface area contributed by atoms with Gasteiger partial charge in [0.2, 0.25) is 0 Å². The standard InChI is InChI=1S/C11H15F3N2O3/c1-18-10(17)9-5-8(15)6-16(9)3-2-4-19-7-11(12,13)14/h5-6H,2-4,7,15H2,1H3. The fraction of sp³-hybridized carbons (Fsp3) is 0.545. The van der Waals surface area contributed by atoms with Gasteiger partial charge in [-0.3, -0.25) is 0 Å². The van der Waals surface area contributed by atoms with Crippen molar-refractivity contribution >= 4 is 11.7 Å². The van der Waals surface area contributed by atoms with Crippen LogP contribution in [-0.4, -0.2) is 37.0 Å². The number of carbonyl (C=O) groups is 1. The van der Waals surface area contributed by atoms with Crippen molar-refractivity contribution in [3.05, 3.63) is 18.0 Å². The van der Waals surface area contributed by atoms with Gasteiger partial charge in [-0.2, -0.15) is 13.2 Å². The normalized spacial score (nSPS) is 11.6. The third-order valence-corrected chi connectivity index (χ3v) is 2.27. The maximum atomic E-state index is 11.8. The Kier molecular flexibility index (Phi) is 5.22. The molecule has 1 aromatic rings. The number of nitrogens with two attached hydrogens (primary N) is 1. The Hall–Kier alpha value is -1.70. The molecule has 1 rings (SSSR count). The molecule has 0 amide bonds. The number of hydrogen-bond donors (Lipinski definition) is 1. The molecular formula is C11H15F3N2O3. The molecule has 2 N–H and O–H groups in total. The van der Waals surface area contributed by atoms with Crippen LogP contribution in [-0.2, 0) is 16.0 Å². The molecule has 0 unspecified atom stereocenters. The Morgan fingerprint density at radius 3 is 2.74 bits per heavy atom. The molecule has 0 fully saturated rings. The second-order valence-electron chi connectivity index (χ2n) is 3.86. The summed E-state index contributed by atoms with van der Waals surface area (Å²) < 4.78 is 46.0. The van der Waals surface area contributed by atoms with Gasteiger partial charge in [0.1, 0.15) is 12.3 Å². The van der Waals surface area contributed by atoms with Gasteiger partial charge in [0.25, 0.3) is 0 Å². The fourth-order valence-electron chi connectivity index (χ4n) is 1.52. The summed E-state index contributed by atoms with van der Waals surface area (Å²) in [5, 5.41) is 0. The van der Waals surface area contributed by atoms with Gasteiger partial charge in [-0.05, 0) is 12.5 Å². The van der Waals surface area contributed by atoms with Gasteiger partial charge >= 0.3 is 12.1 Å². The van der Waals surface area contributed by atoms with Crippen LogP contribution in [0.1, 0.15) is 16.9 Å². The Morgan fingerprint density at radius 2 is 2.16 bits per heavy atom. The summed E-state index contributed by atoms with van der Waals surface area (Å²) in [6.45, 7) is -1.01. The summed E-state index contributed by atoms with van der Waals surface area (Å²) in [5.41, 5.74) is 6.20. The molecule has 0 atom stereocenters. The van der Waals surface area contributed by atoms with E-state index in [2.05, 4.69) is 9.47 Å². The molecule has 0 saturated carbocycles. The maximum Gasteiger partial charge on any atom is 0.411 e. The number of hydrogen-bond acceptors (Lipinski definition) is 4. The van der Waals surface area contributed by atoms with Gasteiger partial charge in [-0.25, -0.2) is 4.79 Å². The predicted molar refractivity (Wildman–Crippen MR) is 61.7 cm³/mol. The zero-order valence-electron chi connectivity index (χ0n) is 10.4. The highest BCUT2D eigenvalue weighted by Crippen LogP contribution is 2.15. The van der Waals surface area contributed by atoms with E-state index in [-0.39, 0.29) is 12.3 Å². The molecule has 0 aliphatic rings. The van der Waals surface area contributed by atoms with E-state index in [1.54, 1.807) is 0 Å². The Labute approximate surface area is 108 Å². The quantitative estimate of drug-likeness (QED) is 0.637. The lowest BCUT2D eigenvalue weighted by atomic mass is 10.4. The first-order valence-electron chi connectivity index (χ1n) is 5.52. The zero-order valence-corrected chi connectivity index (χ0v) is 10.4. The molecule has 0 saturated heterocycles. The SMILES string of the molecule is COC(=O)c1cc(N)cn1CCCOCC(F)(F)F. The number of halogens is 3. The average molecular weight is 280 g/mol. The molecule has 0 spiro atoms. The van der Waals surface area contributed by atoms with Crippen molar-refractivity contribution in [3.63, 3.8) is 0 Å². The van der Waals surface area contributed by atoms with Gasteiger partial charge in [-0.15, -0.1) is 0 Å². The second-order valence-corrected chi connectivity index (χ2v) is 3.86. The van der Waals surface area contributed by atoms with Crippen molar-refractivity contribution in [2.45, 2.75) is 19.1 Å². The lowest BCUT2D eigenvalue weighted by molar-refractivity contribution is -0.174.